The van der Waals surface area contributed by atoms with Crippen LogP contribution in [-0.2, 0) is 11.2 Å². The fourth-order valence-electron chi connectivity index (χ4n) is 1.18. The molecule has 0 aromatic heterocycles. The number of hydrogen-bond acceptors (Lipinski definition) is 2. The third-order valence-corrected chi connectivity index (χ3v) is 1.74. The Labute approximate surface area is 87.5 Å². The molecular weight excluding hydrogens is 199 g/mol. The Hall–Kier alpha value is -1.58. The number of carboxylic acid groups (broad SMARTS) is 1. The molecule has 0 fully saturated rings. The number of ether oxygens (including phenoxy) is 1. The molecule has 1 aromatic carbocycles. The summed E-state index contributed by atoms with van der Waals surface area (Å²) in [7, 11) is 0. The summed E-state index contributed by atoms with van der Waals surface area (Å²) in [5.41, 5.74) is 0.165. The monoisotopic (exact) mass is 212 g/mol. The van der Waals surface area contributed by atoms with Gasteiger partial charge in [0, 0.05) is 6.07 Å². The summed E-state index contributed by atoms with van der Waals surface area (Å²) in [5, 5.41) is 8.51. The molecule has 1 aromatic rings. The third kappa shape index (κ3) is 3.58. The highest BCUT2D eigenvalue weighted by Crippen LogP contribution is 2.18. The summed E-state index contributed by atoms with van der Waals surface area (Å²) in [4.78, 5) is 10.4. The van der Waals surface area contributed by atoms with Gasteiger partial charge in [-0.15, -0.1) is 0 Å². The maximum atomic E-state index is 13.3. The highest BCUT2D eigenvalue weighted by atomic mass is 19.1. The van der Waals surface area contributed by atoms with Gasteiger partial charge in [-0.1, -0.05) is 6.07 Å². The predicted octanol–water partition coefficient (Wildman–Crippen LogP) is 2.24. The van der Waals surface area contributed by atoms with Crippen molar-refractivity contribution in [3.63, 3.8) is 0 Å². The van der Waals surface area contributed by atoms with E-state index >= 15 is 0 Å². The minimum Gasteiger partial charge on any atom is -0.491 e. The first kappa shape index (κ1) is 11.5. The molecular formula is C11H13FO3. The highest BCUT2D eigenvalue weighted by molar-refractivity contribution is 5.70. The van der Waals surface area contributed by atoms with E-state index in [1.807, 2.05) is 13.8 Å². The Kier molecular flexibility index (Phi) is 3.66. The van der Waals surface area contributed by atoms with Crippen molar-refractivity contribution in [2.75, 3.05) is 0 Å². The molecule has 0 atom stereocenters. The molecule has 0 aliphatic rings. The Bertz CT molecular complexity index is 361. The van der Waals surface area contributed by atoms with Crippen LogP contribution < -0.4 is 4.74 Å². The molecule has 0 aliphatic heterocycles. The molecule has 0 bridgehead atoms. The van der Waals surface area contributed by atoms with Crippen LogP contribution in [0.25, 0.3) is 0 Å². The standard InChI is InChI=1S/C11H13FO3/c1-7(2)15-9-4-3-8(5-11(13)14)10(12)6-9/h3-4,6-7H,5H2,1-2H3,(H,13,14). The average Bonchev–Trinajstić information content (AvgIpc) is 2.08. The van der Waals surface area contributed by atoms with Crippen LogP contribution in [-0.4, -0.2) is 17.2 Å². The van der Waals surface area contributed by atoms with Crippen molar-refractivity contribution in [3.05, 3.63) is 29.6 Å². The number of carbonyl (C=O) groups is 1. The molecule has 0 unspecified atom stereocenters. The molecule has 0 radical (unpaired) electrons. The number of halogens is 1. The molecule has 0 aliphatic carbocycles. The summed E-state index contributed by atoms with van der Waals surface area (Å²) in [6, 6.07) is 4.21. The third-order valence-electron chi connectivity index (χ3n) is 1.74. The summed E-state index contributed by atoms with van der Waals surface area (Å²) >= 11 is 0. The van der Waals surface area contributed by atoms with E-state index in [4.69, 9.17) is 9.84 Å². The first-order valence-electron chi connectivity index (χ1n) is 4.66. The zero-order valence-corrected chi connectivity index (χ0v) is 8.66. The van der Waals surface area contributed by atoms with Crippen molar-refractivity contribution >= 4 is 5.97 Å². The first-order valence-corrected chi connectivity index (χ1v) is 4.66. The van der Waals surface area contributed by atoms with Gasteiger partial charge in [0.1, 0.15) is 11.6 Å². The largest absolute Gasteiger partial charge is 0.491 e. The molecule has 4 heteroatoms. The van der Waals surface area contributed by atoms with Crippen molar-refractivity contribution in [2.45, 2.75) is 26.4 Å². The molecule has 0 heterocycles. The Balaban J connectivity index is 2.83. The summed E-state index contributed by atoms with van der Waals surface area (Å²) in [6.07, 6.45) is -0.344. The summed E-state index contributed by atoms with van der Waals surface area (Å²) < 4.78 is 18.6. The van der Waals surface area contributed by atoms with Gasteiger partial charge in [0.25, 0.3) is 0 Å². The lowest BCUT2D eigenvalue weighted by Crippen LogP contribution is -2.07. The Morgan fingerprint density at radius 1 is 1.53 bits per heavy atom. The zero-order valence-electron chi connectivity index (χ0n) is 8.66. The van der Waals surface area contributed by atoms with Gasteiger partial charge in [-0.2, -0.15) is 0 Å². The van der Waals surface area contributed by atoms with E-state index in [0.717, 1.165) is 0 Å². The van der Waals surface area contributed by atoms with E-state index in [1.165, 1.54) is 12.1 Å². The van der Waals surface area contributed by atoms with Crippen molar-refractivity contribution in [1.82, 2.24) is 0 Å². The van der Waals surface area contributed by atoms with Gasteiger partial charge in [-0.3, -0.25) is 4.79 Å². The fourth-order valence-corrected chi connectivity index (χ4v) is 1.18. The van der Waals surface area contributed by atoms with Gasteiger partial charge in [-0.25, -0.2) is 4.39 Å². The number of aliphatic carboxylic acids is 1. The van der Waals surface area contributed by atoms with Crippen LogP contribution in [0, 0.1) is 5.82 Å². The fraction of sp³-hybridized carbons (Fsp3) is 0.364. The minimum atomic E-state index is -1.05. The van der Waals surface area contributed by atoms with Crippen LogP contribution >= 0.6 is 0 Å². The van der Waals surface area contributed by atoms with Crippen LogP contribution in [0.3, 0.4) is 0 Å². The van der Waals surface area contributed by atoms with Crippen molar-refractivity contribution < 1.29 is 19.0 Å². The van der Waals surface area contributed by atoms with E-state index < -0.39 is 11.8 Å². The van der Waals surface area contributed by atoms with Crippen molar-refractivity contribution in [1.29, 1.82) is 0 Å². The summed E-state index contributed by atoms with van der Waals surface area (Å²) in [5.74, 6) is -1.18. The maximum absolute atomic E-state index is 13.3. The molecule has 0 saturated carbocycles. The normalized spacial score (nSPS) is 10.4. The van der Waals surface area contributed by atoms with E-state index in [0.29, 0.717) is 5.75 Å². The SMILES string of the molecule is CC(C)Oc1ccc(CC(=O)O)c(F)c1. The maximum Gasteiger partial charge on any atom is 0.307 e. The average molecular weight is 212 g/mol. The zero-order chi connectivity index (χ0) is 11.4. The number of carboxylic acids is 1. The van der Waals surface area contributed by atoms with E-state index in [1.54, 1.807) is 6.07 Å². The predicted molar refractivity (Wildman–Crippen MR) is 53.5 cm³/mol. The number of rotatable bonds is 4. The second kappa shape index (κ2) is 4.77. The topological polar surface area (TPSA) is 46.5 Å². The lowest BCUT2D eigenvalue weighted by Gasteiger charge is -2.10. The second-order valence-electron chi connectivity index (χ2n) is 3.49. The van der Waals surface area contributed by atoms with Crippen LogP contribution in [0.1, 0.15) is 19.4 Å². The van der Waals surface area contributed by atoms with Crippen molar-refractivity contribution in [2.24, 2.45) is 0 Å². The lowest BCUT2D eigenvalue weighted by molar-refractivity contribution is -0.136. The van der Waals surface area contributed by atoms with Crippen molar-refractivity contribution in [3.8, 4) is 5.75 Å². The molecule has 82 valence electrons. The van der Waals surface area contributed by atoms with E-state index in [9.17, 15) is 9.18 Å². The minimum absolute atomic E-state index is 0.0327. The molecule has 0 spiro atoms. The molecule has 1 rings (SSSR count). The van der Waals surface area contributed by atoms with Crippen LogP contribution in [0.15, 0.2) is 18.2 Å². The van der Waals surface area contributed by atoms with E-state index in [-0.39, 0.29) is 18.1 Å². The molecule has 0 saturated heterocycles. The van der Waals surface area contributed by atoms with Gasteiger partial charge >= 0.3 is 5.97 Å². The molecule has 15 heavy (non-hydrogen) atoms. The lowest BCUT2D eigenvalue weighted by atomic mass is 10.1. The molecule has 1 N–H and O–H groups in total. The van der Waals surface area contributed by atoms with Gasteiger partial charge in [0.15, 0.2) is 0 Å². The van der Waals surface area contributed by atoms with Gasteiger partial charge in [-0.05, 0) is 25.5 Å². The van der Waals surface area contributed by atoms with Gasteiger partial charge in [0.2, 0.25) is 0 Å². The van der Waals surface area contributed by atoms with Crippen LogP contribution in [0.5, 0.6) is 5.75 Å². The Morgan fingerprint density at radius 3 is 2.67 bits per heavy atom. The smallest absolute Gasteiger partial charge is 0.307 e. The van der Waals surface area contributed by atoms with Crippen LogP contribution in [0.2, 0.25) is 0 Å². The molecule has 3 nitrogen and oxygen atoms in total. The Morgan fingerprint density at radius 2 is 2.20 bits per heavy atom. The quantitative estimate of drug-likeness (QED) is 0.832. The highest BCUT2D eigenvalue weighted by Gasteiger charge is 2.08. The van der Waals surface area contributed by atoms with Gasteiger partial charge < -0.3 is 9.84 Å². The molecule has 0 amide bonds. The number of benzene rings is 1. The van der Waals surface area contributed by atoms with Crippen LogP contribution in [0.4, 0.5) is 4.39 Å². The first-order chi connectivity index (χ1) is 6.99. The summed E-state index contributed by atoms with van der Waals surface area (Å²) in [6.45, 7) is 3.67. The van der Waals surface area contributed by atoms with Gasteiger partial charge in [0.05, 0.1) is 12.5 Å². The second-order valence-corrected chi connectivity index (χ2v) is 3.49. The van der Waals surface area contributed by atoms with E-state index in [2.05, 4.69) is 0 Å². The number of hydrogen-bond donors (Lipinski definition) is 1.